The third kappa shape index (κ3) is 58.4. The van der Waals surface area contributed by atoms with Crippen molar-refractivity contribution in [1.29, 1.82) is 5.26 Å². The molecular formula is C23H36N2O8. The van der Waals surface area contributed by atoms with E-state index in [9.17, 15) is 19.2 Å². The normalized spacial score (nSPS) is 8.15. The molecule has 0 aliphatic heterocycles. The summed E-state index contributed by atoms with van der Waals surface area (Å²) in [5.41, 5.74) is 5.45. The van der Waals surface area contributed by atoms with Crippen molar-refractivity contribution in [3.8, 4) is 6.07 Å². The summed E-state index contributed by atoms with van der Waals surface area (Å²) in [6.07, 6.45) is 7.34. The number of hydrogen-bond donors (Lipinski definition) is 3. The zero-order valence-corrected chi connectivity index (χ0v) is 19.6. The molecule has 0 saturated heterocycles. The van der Waals surface area contributed by atoms with Crippen LogP contribution in [0.5, 0.6) is 0 Å². The summed E-state index contributed by atoms with van der Waals surface area (Å²) < 4.78 is 9.06. The molecule has 0 aliphatic carbocycles. The number of esters is 2. The van der Waals surface area contributed by atoms with Crippen molar-refractivity contribution in [3.63, 3.8) is 0 Å². The summed E-state index contributed by atoms with van der Waals surface area (Å²) in [7, 11) is 0. The molecule has 0 aromatic rings. The van der Waals surface area contributed by atoms with E-state index in [0.717, 1.165) is 18.2 Å². The van der Waals surface area contributed by atoms with Crippen LogP contribution < -0.4 is 5.73 Å². The summed E-state index contributed by atoms with van der Waals surface area (Å²) in [5.74, 6) is -2.09. The number of aliphatic hydroxyl groups excluding tert-OH is 1. The number of rotatable bonds is 9. The first kappa shape index (κ1) is 39.5. The number of nitriles is 1. The molecule has 0 aromatic carbocycles. The topological polar surface area (TPSA) is 177 Å². The van der Waals surface area contributed by atoms with Crippen LogP contribution in [0.3, 0.4) is 0 Å². The summed E-state index contributed by atoms with van der Waals surface area (Å²) in [6, 6.07) is 1.69. The summed E-state index contributed by atoms with van der Waals surface area (Å²) in [5, 5.41) is 23.4. The summed E-state index contributed by atoms with van der Waals surface area (Å²) in [4.78, 5) is 39.8. The van der Waals surface area contributed by atoms with Gasteiger partial charge in [-0.3, -0.25) is 4.79 Å². The molecule has 186 valence electrons. The lowest BCUT2D eigenvalue weighted by Gasteiger charge is -1.98. The molecule has 0 rings (SSSR count). The molecular weight excluding hydrogens is 432 g/mol. The van der Waals surface area contributed by atoms with E-state index in [-0.39, 0.29) is 18.5 Å². The Balaban J connectivity index is -0.000000103. The highest BCUT2D eigenvalue weighted by atomic mass is 16.5. The van der Waals surface area contributed by atoms with Crippen molar-refractivity contribution < 1.29 is 38.9 Å². The molecule has 33 heavy (non-hydrogen) atoms. The number of ether oxygens (including phenoxy) is 2. The minimum absolute atomic E-state index is 0.144. The van der Waals surface area contributed by atoms with E-state index >= 15 is 0 Å². The van der Waals surface area contributed by atoms with Gasteiger partial charge in [0.05, 0.1) is 19.3 Å². The van der Waals surface area contributed by atoms with Gasteiger partial charge in [0, 0.05) is 36.5 Å². The molecule has 4 N–H and O–H groups in total. The maximum Gasteiger partial charge on any atom is 0.330 e. The van der Waals surface area contributed by atoms with Crippen molar-refractivity contribution in [2.24, 2.45) is 5.73 Å². The Morgan fingerprint density at radius 3 is 1.61 bits per heavy atom. The Kier molecular flexibility index (Phi) is 42.5. The molecule has 0 unspecified atom stereocenters. The molecule has 0 heterocycles. The maximum absolute atomic E-state index is 10.4. The second-order valence-corrected chi connectivity index (χ2v) is 4.97. The fourth-order valence-electron chi connectivity index (χ4n) is 0.789. The second kappa shape index (κ2) is 35.5. The summed E-state index contributed by atoms with van der Waals surface area (Å²) in [6.45, 7) is 18.7. The van der Waals surface area contributed by atoms with Gasteiger partial charge in [-0.25, -0.2) is 14.4 Å². The van der Waals surface area contributed by atoms with Gasteiger partial charge in [0.15, 0.2) is 0 Å². The molecule has 0 spiro atoms. The van der Waals surface area contributed by atoms with Crippen LogP contribution in [0.2, 0.25) is 0 Å². The highest BCUT2D eigenvalue weighted by Gasteiger charge is 1.93. The molecule has 0 aromatic heterocycles. The number of carboxylic acid groups (broad SMARTS) is 1. The molecule has 0 saturated carbocycles. The van der Waals surface area contributed by atoms with Crippen LogP contribution in [0.4, 0.5) is 0 Å². The minimum atomic E-state index is -0.981. The zero-order chi connectivity index (χ0) is 27.1. The van der Waals surface area contributed by atoms with Crippen LogP contribution in [-0.4, -0.2) is 53.8 Å². The number of nitrogens with two attached hydrogens (primary N) is 1. The van der Waals surface area contributed by atoms with E-state index in [1.54, 1.807) is 32.9 Å². The molecule has 10 nitrogen and oxygen atoms in total. The van der Waals surface area contributed by atoms with Crippen molar-refractivity contribution in [2.45, 2.75) is 33.6 Å². The van der Waals surface area contributed by atoms with Crippen molar-refractivity contribution in [2.75, 3.05) is 19.8 Å². The number of aliphatic hydroxyl groups is 1. The Labute approximate surface area is 196 Å². The van der Waals surface area contributed by atoms with Crippen LogP contribution in [0, 0.1) is 11.3 Å². The lowest BCUT2D eigenvalue weighted by atomic mass is 10.3. The number of primary amides is 1. The van der Waals surface area contributed by atoms with Gasteiger partial charge in [0.2, 0.25) is 5.91 Å². The molecule has 0 aliphatic rings. The van der Waals surface area contributed by atoms with E-state index in [4.69, 9.17) is 21.2 Å². The Hall–Kier alpha value is -3.97. The molecule has 1 amide bonds. The van der Waals surface area contributed by atoms with Gasteiger partial charge in [-0.05, 0) is 33.6 Å². The van der Waals surface area contributed by atoms with Crippen LogP contribution in [-0.2, 0) is 28.7 Å². The van der Waals surface area contributed by atoms with Crippen molar-refractivity contribution in [1.82, 2.24) is 0 Å². The van der Waals surface area contributed by atoms with E-state index in [2.05, 4.69) is 35.8 Å². The van der Waals surface area contributed by atoms with Gasteiger partial charge < -0.3 is 25.4 Å². The van der Waals surface area contributed by atoms with E-state index in [1.165, 1.54) is 6.08 Å². The average Bonchev–Trinajstić information content (AvgIpc) is 2.82. The summed E-state index contributed by atoms with van der Waals surface area (Å²) >= 11 is 0. The van der Waals surface area contributed by atoms with E-state index in [1.807, 2.05) is 0 Å². The number of hydrogen-bond acceptors (Lipinski definition) is 8. The van der Waals surface area contributed by atoms with Crippen LogP contribution >= 0.6 is 0 Å². The molecule has 0 atom stereocenters. The fourth-order valence-corrected chi connectivity index (χ4v) is 0.789. The zero-order valence-electron chi connectivity index (χ0n) is 19.6. The number of unbranched alkanes of at least 4 members (excludes halogenated alkanes) is 1. The van der Waals surface area contributed by atoms with Gasteiger partial charge in [-0.1, -0.05) is 32.4 Å². The number of amides is 1. The molecule has 10 heteroatoms. The highest BCUT2D eigenvalue weighted by Crippen LogP contribution is 1.89. The Morgan fingerprint density at radius 1 is 1.00 bits per heavy atom. The van der Waals surface area contributed by atoms with Crippen LogP contribution in [0.1, 0.15) is 33.6 Å². The monoisotopic (exact) mass is 468 g/mol. The number of carbonyl (C=O) groups is 4. The standard InChI is InChI=1S/C7H12O3.C5H9NO.C5H8O2.C3H3N.C3H4O2/c1-2-7(9)10-6-4-3-5-8;1-3-4(2)5(6)7;1-3-5(6)7-4-2;1-2-3-4;1-2-3(4)5/h2,8H,1,3-6H2;3H,1-2H3,(H2,6,7);3H,1,4H2,2H3;2H,1H2;2H,1H2,(H,4,5). The number of nitrogens with zero attached hydrogens (tertiary/aromatic N) is 1. The lowest BCUT2D eigenvalue weighted by molar-refractivity contribution is -0.138. The number of aliphatic carboxylic acids is 1. The SMILES string of the molecule is C=CC#N.C=CC(=O)O.C=CC(=O)OCC.C=CC(=O)OCCCCO.CC=C(C)C(N)=O. The first-order chi connectivity index (χ1) is 15.5. The Bertz CT molecular complexity index is 662. The maximum atomic E-state index is 10.4. The number of allylic oxidation sites excluding steroid dienone is 2. The van der Waals surface area contributed by atoms with Gasteiger partial charge in [0.1, 0.15) is 0 Å². The number of carbonyl (C=O) groups excluding carboxylic acids is 3. The first-order valence-electron chi connectivity index (χ1n) is 9.47. The predicted octanol–water partition coefficient (Wildman–Crippen LogP) is 2.61. The third-order valence-corrected chi connectivity index (χ3v) is 2.50. The van der Waals surface area contributed by atoms with Gasteiger partial charge in [-0.2, -0.15) is 5.26 Å². The number of carboxylic acids is 1. The fraction of sp³-hybridized carbons (Fsp3) is 0.348. The smallest absolute Gasteiger partial charge is 0.330 e. The molecule has 0 fully saturated rings. The second-order valence-electron chi connectivity index (χ2n) is 4.97. The van der Waals surface area contributed by atoms with Gasteiger partial charge in [-0.15, -0.1) is 0 Å². The van der Waals surface area contributed by atoms with E-state index in [0.29, 0.717) is 31.6 Å². The quantitative estimate of drug-likeness (QED) is 0.198. The predicted molar refractivity (Wildman–Crippen MR) is 127 cm³/mol. The van der Waals surface area contributed by atoms with Crippen molar-refractivity contribution in [3.05, 3.63) is 62.3 Å². The molecule has 0 bridgehead atoms. The average molecular weight is 469 g/mol. The van der Waals surface area contributed by atoms with Crippen molar-refractivity contribution >= 4 is 23.8 Å². The third-order valence-electron chi connectivity index (χ3n) is 2.50. The lowest BCUT2D eigenvalue weighted by Crippen LogP contribution is -2.10. The Morgan fingerprint density at radius 2 is 1.42 bits per heavy atom. The molecule has 0 radical (unpaired) electrons. The minimum Gasteiger partial charge on any atom is -0.478 e. The first-order valence-corrected chi connectivity index (χ1v) is 9.47. The van der Waals surface area contributed by atoms with Crippen LogP contribution in [0.15, 0.2) is 62.3 Å². The van der Waals surface area contributed by atoms with E-state index < -0.39 is 11.9 Å². The van der Waals surface area contributed by atoms with Crippen LogP contribution in [0.25, 0.3) is 0 Å². The van der Waals surface area contributed by atoms with Gasteiger partial charge in [0.25, 0.3) is 0 Å². The van der Waals surface area contributed by atoms with Gasteiger partial charge >= 0.3 is 17.9 Å². The largest absolute Gasteiger partial charge is 0.478 e. The highest BCUT2D eigenvalue weighted by molar-refractivity contribution is 5.91.